The molecule has 0 spiro atoms. The molecular weight excluding hydrogens is 184 g/mol. The highest BCUT2D eigenvalue weighted by Crippen LogP contribution is 2.33. The van der Waals surface area contributed by atoms with Crippen molar-refractivity contribution in [2.24, 2.45) is 0 Å². The van der Waals surface area contributed by atoms with Crippen molar-refractivity contribution in [2.75, 3.05) is 0 Å². The molecule has 0 aromatic rings. The minimum Gasteiger partial charge on any atom is -0.459 e. The van der Waals surface area contributed by atoms with E-state index < -0.39 is 5.60 Å². The van der Waals surface area contributed by atoms with Crippen molar-refractivity contribution in [3.05, 3.63) is 0 Å². The highest BCUT2D eigenvalue weighted by molar-refractivity contribution is 5.76. The second-order valence-corrected chi connectivity index (χ2v) is 3.73. The molecule has 4 nitrogen and oxygen atoms in total. The molecule has 14 heavy (non-hydrogen) atoms. The molecule has 0 saturated carbocycles. The number of carbonyl (C=O) groups excluding carboxylic acids is 3. The zero-order valence-electron chi connectivity index (χ0n) is 8.25. The molecule has 1 unspecified atom stereocenters. The number of esters is 1. The van der Waals surface area contributed by atoms with Crippen molar-refractivity contribution in [1.29, 1.82) is 0 Å². The summed E-state index contributed by atoms with van der Waals surface area (Å²) in [6.07, 6.45) is 2.68. The Balaban J connectivity index is 2.58. The monoisotopic (exact) mass is 198 g/mol. The standard InChI is InChI=1S/C10H14O4/c1-8(12)2-4-10(6-7-11)5-3-9(13)14-10/h7H,2-6H2,1H3. The van der Waals surface area contributed by atoms with Crippen LogP contribution in [0, 0.1) is 0 Å². The van der Waals surface area contributed by atoms with Crippen LogP contribution in [0.15, 0.2) is 0 Å². The van der Waals surface area contributed by atoms with Gasteiger partial charge in [0.25, 0.3) is 0 Å². The first kappa shape index (κ1) is 10.9. The summed E-state index contributed by atoms with van der Waals surface area (Å²) in [4.78, 5) is 32.2. The molecular formula is C10H14O4. The fraction of sp³-hybridized carbons (Fsp3) is 0.700. The highest BCUT2D eigenvalue weighted by atomic mass is 16.6. The third-order valence-corrected chi connectivity index (χ3v) is 2.50. The number of Topliss-reactive ketones (excluding diaryl/α,β-unsaturated/α-hetero) is 1. The first-order chi connectivity index (χ1) is 6.58. The Bertz CT molecular complexity index is 259. The van der Waals surface area contributed by atoms with E-state index in [1.807, 2.05) is 0 Å². The van der Waals surface area contributed by atoms with Gasteiger partial charge in [-0.15, -0.1) is 0 Å². The van der Waals surface area contributed by atoms with E-state index in [1.165, 1.54) is 6.92 Å². The predicted octanol–water partition coefficient (Wildman–Crippen LogP) is 1.02. The largest absolute Gasteiger partial charge is 0.459 e. The summed E-state index contributed by atoms with van der Waals surface area (Å²) in [5, 5.41) is 0. The van der Waals surface area contributed by atoms with Gasteiger partial charge in [-0.1, -0.05) is 0 Å². The van der Waals surface area contributed by atoms with Crippen molar-refractivity contribution in [1.82, 2.24) is 0 Å². The van der Waals surface area contributed by atoms with Gasteiger partial charge >= 0.3 is 5.97 Å². The van der Waals surface area contributed by atoms with Crippen molar-refractivity contribution >= 4 is 18.0 Å². The smallest absolute Gasteiger partial charge is 0.306 e. The van der Waals surface area contributed by atoms with E-state index >= 15 is 0 Å². The molecule has 0 radical (unpaired) electrons. The van der Waals surface area contributed by atoms with Crippen LogP contribution >= 0.6 is 0 Å². The first-order valence-electron chi connectivity index (χ1n) is 4.73. The summed E-state index contributed by atoms with van der Waals surface area (Å²) in [6.45, 7) is 1.49. The third-order valence-electron chi connectivity index (χ3n) is 2.50. The molecule has 1 heterocycles. The van der Waals surface area contributed by atoms with Gasteiger partial charge in [-0.2, -0.15) is 0 Å². The average molecular weight is 198 g/mol. The predicted molar refractivity (Wildman–Crippen MR) is 48.7 cm³/mol. The van der Waals surface area contributed by atoms with Crippen molar-refractivity contribution in [2.45, 2.75) is 44.6 Å². The molecule has 1 aliphatic heterocycles. The Morgan fingerprint density at radius 2 is 2.36 bits per heavy atom. The lowest BCUT2D eigenvalue weighted by Crippen LogP contribution is -2.29. The second-order valence-electron chi connectivity index (χ2n) is 3.73. The van der Waals surface area contributed by atoms with Gasteiger partial charge in [0, 0.05) is 19.3 Å². The molecule has 0 N–H and O–H groups in total. The summed E-state index contributed by atoms with van der Waals surface area (Å²) < 4.78 is 5.12. The summed E-state index contributed by atoms with van der Waals surface area (Å²) in [5.41, 5.74) is -0.690. The topological polar surface area (TPSA) is 60.4 Å². The van der Waals surface area contributed by atoms with E-state index in [-0.39, 0.29) is 18.2 Å². The zero-order valence-corrected chi connectivity index (χ0v) is 8.25. The van der Waals surface area contributed by atoms with Crippen molar-refractivity contribution in [3.8, 4) is 0 Å². The summed E-state index contributed by atoms with van der Waals surface area (Å²) in [6, 6.07) is 0. The number of aldehydes is 1. The normalized spacial score (nSPS) is 25.9. The minimum absolute atomic E-state index is 0.0539. The Morgan fingerprint density at radius 1 is 1.64 bits per heavy atom. The van der Waals surface area contributed by atoms with Crippen molar-refractivity contribution < 1.29 is 19.1 Å². The van der Waals surface area contributed by atoms with Crippen LogP contribution in [0.5, 0.6) is 0 Å². The van der Waals surface area contributed by atoms with E-state index in [1.54, 1.807) is 0 Å². The van der Waals surface area contributed by atoms with Gasteiger partial charge in [0.05, 0.1) is 0 Å². The molecule has 78 valence electrons. The lowest BCUT2D eigenvalue weighted by molar-refractivity contribution is -0.150. The molecule has 0 aromatic carbocycles. The second kappa shape index (κ2) is 4.35. The summed E-state index contributed by atoms with van der Waals surface area (Å²) in [5.74, 6) is -0.214. The van der Waals surface area contributed by atoms with E-state index in [2.05, 4.69) is 0 Å². The van der Waals surface area contributed by atoms with Gasteiger partial charge in [0.1, 0.15) is 17.7 Å². The number of cyclic esters (lactones) is 1. The van der Waals surface area contributed by atoms with Crippen LogP contribution in [-0.2, 0) is 19.1 Å². The SMILES string of the molecule is CC(=O)CCC1(CC=O)CCC(=O)O1. The molecule has 1 fully saturated rings. The zero-order chi connectivity index (χ0) is 10.6. The minimum atomic E-state index is -0.690. The average Bonchev–Trinajstić information content (AvgIpc) is 2.46. The fourth-order valence-corrected chi connectivity index (χ4v) is 1.65. The number of ether oxygens (including phenoxy) is 1. The molecule has 4 heteroatoms. The van der Waals surface area contributed by atoms with E-state index in [0.717, 1.165) is 6.29 Å². The number of carbonyl (C=O) groups is 3. The van der Waals surface area contributed by atoms with Gasteiger partial charge in [0.2, 0.25) is 0 Å². The van der Waals surface area contributed by atoms with Gasteiger partial charge in [-0.25, -0.2) is 0 Å². The number of ketones is 1. The Kier molecular flexibility index (Phi) is 3.38. The molecule has 0 aliphatic carbocycles. The van der Waals surface area contributed by atoms with Crippen LogP contribution in [0.3, 0.4) is 0 Å². The summed E-state index contributed by atoms with van der Waals surface area (Å²) in [7, 11) is 0. The van der Waals surface area contributed by atoms with Crippen LogP contribution < -0.4 is 0 Å². The van der Waals surface area contributed by atoms with E-state index in [9.17, 15) is 14.4 Å². The molecule has 0 aromatic heterocycles. The van der Waals surface area contributed by atoms with Crippen LogP contribution in [-0.4, -0.2) is 23.6 Å². The van der Waals surface area contributed by atoms with Crippen LogP contribution in [0.1, 0.15) is 39.0 Å². The van der Waals surface area contributed by atoms with Crippen molar-refractivity contribution in [3.63, 3.8) is 0 Å². The molecule has 1 rings (SSSR count). The first-order valence-corrected chi connectivity index (χ1v) is 4.73. The molecule has 0 bridgehead atoms. The quantitative estimate of drug-likeness (QED) is 0.488. The van der Waals surface area contributed by atoms with Crippen LogP contribution in [0.25, 0.3) is 0 Å². The number of hydrogen-bond acceptors (Lipinski definition) is 4. The lowest BCUT2D eigenvalue weighted by Gasteiger charge is -2.24. The maximum absolute atomic E-state index is 11.0. The van der Waals surface area contributed by atoms with Gasteiger partial charge in [-0.3, -0.25) is 4.79 Å². The molecule has 1 atom stereocenters. The summed E-state index contributed by atoms with van der Waals surface area (Å²) >= 11 is 0. The number of rotatable bonds is 5. The Labute approximate surface area is 82.6 Å². The van der Waals surface area contributed by atoms with E-state index in [0.29, 0.717) is 25.7 Å². The van der Waals surface area contributed by atoms with Gasteiger partial charge in [-0.05, 0) is 19.8 Å². The van der Waals surface area contributed by atoms with Crippen LogP contribution in [0.2, 0.25) is 0 Å². The third kappa shape index (κ3) is 2.65. The van der Waals surface area contributed by atoms with Gasteiger partial charge in [0.15, 0.2) is 0 Å². The maximum atomic E-state index is 11.0. The molecule has 0 amide bonds. The fourth-order valence-electron chi connectivity index (χ4n) is 1.65. The van der Waals surface area contributed by atoms with Crippen LogP contribution in [0.4, 0.5) is 0 Å². The highest BCUT2D eigenvalue weighted by Gasteiger charge is 2.39. The van der Waals surface area contributed by atoms with Gasteiger partial charge < -0.3 is 14.3 Å². The maximum Gasteiger partial charge on any atom is 0.306 e. The molecule has 1 aliphatic rings. The Hall–Kier alpha value is -1.19. The number of hydrogen-bond donors (Lipinski definition) is 0. The van der Waals surface area contributed by atoms with E-state index in [4.69, 9.17) is 4.74 Å². The molecule has 1 saturated heterocycles. The Morgan fingerprint density at radius 3 is 2.79 bits per heavy atom. The lowest BCUT2D eigenvalue weighted by atomic mass is 9.90.